The van der Waals surface area contributed by atoms with Crippen molar-refractivity contribution in [1.82, 2.24) is 15.5 Å². The lowest BCUT2D eigenvalue weighted by molar-refractivity contribution is -0.121. The van der Waals surface area contributed by atoms with Gasteiger partial charge in [0.2, 0.25) is 17.6 Å². The maximum atomic E-state index is 12.8. The van der Waals surface area contributed by atoms with E-state index in [1.807, 2.05) is 17.5 Å². The van der Waals surface area contributed by atoms with Gasteiger partial charge in [0.05, 0.1) is 4.88 Å². The van der Waals surface area contributed by atoms with Crippen LogP contribution in [0.2, 0.25) is 0 Å². The van der Waals surface area contributed by atoms with E-state index in [0.717, 1.165) is 21.9 Å². The van der Waals surface area contributed by atoms with E-state index < -0.39 is 0 Å². The highest BCUT2D eigenvalue weighted by Gasteiger charge is 2.10. The van der Waals surface area contributed by atoms with E-state index in [-0.39, 0.29) is 11.7 Å². The number of hydrogen-bond acceptors (Lipinski definition) is 6. The molecule has 5 nitrogen and oxygen atoms in total. The Hall–Kier alpha value is -2.19. The van der Waals surface area contributed by atoms with E-state index in [1.165, 1.54) is 12.1 Å². The predicted molar refractivity (Wildman–Crippen MR) is 105 cm³/mol. The molecule has 0 aliphatic carbocycles. The van der Waals surface area contributed by atoms with Gasteiger partial charge >= 0.3 is 0 Å². The van der Waals surface area contributed by atoms with Crippen molar-refractivity contribution in [1.29, 1.82) is 0 Å². The summed E-state index contributed by atoms with van der Waals surface area (Å²) in [5, 5.41) is 8.84. The van der Waals surface area contributed by atoms with Crippen LogP contribution in [0.5, 0.6) is 0 Å². The first kappa shape index (κ1) is 19.6. The fourth-order valence-corrected chi connectivity index (χ4v) is 3.87. The van der Waals surface area contributed by atoms with Crippen LogP contribution in [0.4, 0.5) is 4.39 Å². The Morgan fingerprint density at radius 1 is 1.22 bits per heavy atom. The van der Waals surface area contributed by atoms with E-state index in [9.17, 15) is 9.18 Å². The number of halogens is 1. The summed E-state index contributed by atoms with van der Waals surface area (Å²) in [6, 6.07) is 10.3. The van der Waals surface area contributed by atoms with Crippen molar-refractivity contribution in [2.75, 3.05) is 12.3 Å². The summed E-state index contributed by atoms with van der Waals surface area (Å²) in [6.45, 7) is 0.635. The molecule has 2 aromatic heterocycles. The summed E-state index contributed by atoms with van der Waals surface area (Å²) < 4.78 is 18.0. The zero-order valence-corrected chi connectivity index (χ0v) is 16.3. The maximum absolute atomic E-state index is 12.8. The molecule has 0 aliphatic heterocycles. The minimum Gasteiger partial charge on any atom is -0.356 e. The molecule has 0 saturated heterocycles. The van der Waals surface area contributed by atoms with Gasteiger partial charge in [-0.15, -0.1) is 23.1 Å². The smallest absolute Gasteiger partial charge is 0.226 e. The molecule has 2 heterocycles. The molecule has 142 valence electrons. The van der Waals surface area contributed by atoms with Crippen molar-refractivity contribution in [3.05, 3.63) is 53.5 Å². The summed E-state index contributed by atoms with van der Waals surface area (Å²) in [6.07, 6.45) is 2.55. The molecule has 0 unspecified atom stereocenters. The topological polar surface area (TPSA) is 68.0 Å². The van der Waals surface area contributed by atoms with Crippen LogP contribution in [0.3, 0.4) is 0 Å². The number of thioether (sulfide) groups is 1. The average Bonchev–Trinajstić information content (AvgIpc) is 3.34. The summed E-state index contributed by atoms with van der Waals surface area (Å²) in [5.74, 6) is 1.83. The first-order valence-corrected chi connectivity index (χ1v) is 10.6. The van der Waals surface area contributed by atoms with Gasteiger partial charge in [0, 0.05) is 24.3 Å². The minimum atomic E-state index is -0.227. The number of aromatic nitrogens is 2. The van der Waals surface area contributed by atoms with Gasteiger partial charge in [-0.05, 0) is 54.3 Å². The minimum absolute atomic E-state index is 0.0276. The van der Waals surface area contributed by atoms with Crippen LogP contribution in [0.25, 0.3) is 10.7 Å². The van der Waals surface area contributed by atoms with Crippen molar-refractivity contribution >= 4 is 29.0 Å². The molecule has 0 aliphatic rings. The third-order valence-electron chi connectivity index (χ3n) is 3.73. The van der Waals surface area contributed by atoms with Gasteiger partial charge in [-0.25, -0.2) is 4.39 Å². The van der Waals surface area contributed by atoms with Gasteiger partial charge in [-0.2, -0.15) is 4.98 Å². The second kappa shape index (κ2) is 10.2. The van der Waals surface area contributed by atoms with E-state index in [2.05, 4.69) is 15.5 Å². The quantitative estimate of drug-likeness (QED) is 0.396. The fraction of sp³-hybridized carbons (Fsp3) is 0.316. The number of thiophene rings is 1. The van der Waals surface area contributed by atoms with Gasteiger partial charge in [0.15, 0.2) is 0 Å². The number of carbonyl (C=O) groups excluding carboxylic acids is 1. The van der Waals surface area contributed by atoms with Gasteiger partial charge < -0.3 is 9.84 Å². The third kappa shape index (κ3) is 6.48. The molecule has 0 spiro atoms. The molecule has 0 atom stereocenters. The number of amides is 1. The molecule has 0 radical (unpaired) electrons. The Morgan fingerprint density at radius 2 is 2.07 bits per heavy atom. The Kier molecular flexibility index (Phi) is 7.41. The summed E-state index contributed by atoms with van der Waals surface area (Å²) in [4.78, 5) is 18.2. The van der Waals surface area contributed by atoms with Gasteiger partial charge in [0.25, 0.3) is 0 Å². The van der Waals surface area contributed by atoms with E-state index in [4.69, 9.17) is 4.52 Å². The standard InChI is InChI=1S/C19H20FN3O2S2/c20-14-7-9-15(10-8-14)26-13-3-11-21-17(24)5-1-6-18-22-19(23-25-18)16-4-2-12-27-16/h2,4,7-10,12H,1,3,5-6,11,13H2,(H,21,24). The number of nitrogens with zero attached hydrogens (tertiary/aromatic N) is 2. The molecule has 3 rings (SSSR count). The van der Waals surface area contributed by atoms with Crippen LogP contribution < -0.4 is 5.32 Å². The lowest BCUT2D eigenvalue weighted by Crippen LogP contribution is -2.24. The number of benzene rings is 1. The normalized spacial score (nSPS) is 10.9. The van der Waals surface area contributed by atoms with Gasteiger partial charge in [-0.1, -0.05) is 11.2 Å². The number of carbonyl (C=O) groups is 1. The third-order valence-corrected chi connectivity index (χ3v) is 5.69. The van der Waals surface area contributed by atoms with Crippen molar-refractivity contribution in [3.63, 3.8) is 0 Å². The monoisotopic (exact) mass is 405 g/mol. The molecule has 0 bridgehead atoms. The van der Waals surface area contributed by atoms with Crippen LogP contribution in [0.1, 0.15) is 25.2 Å². The lowest BCUT2D eigenvalue weighted by Gasteiger charge is -2.05. The van der Waals surface area contributed by atoms with Crippen LogP contribution >= 0.6 is 23.1 Å². The van der Waals surface area contributed by atoms with Crippen LogP contribution in [0, 0.1) is 5.82 Å². The van der Waals surface area contributed by atoms with Crippen molar-refractivity contribution in [2.24, 2.45) is 0 Å². The zero-order chi connectivity index (χ0) is 18.9. The highest BCUT2D eigenvalue weighted by molar-refractivity contribution is 7.99. The Morgan fingerprint density at radius 3 is 2.85 bits per heavy atom. The molecule has 1 N–H and O–H groups in total. The van der Waals surface area contributed by atoms with Crippen molar-refractivity contribution in [2.45, 2.75) is 30.6 Å². The summed E-state index contributed by atoms with van der Waals surface area (Å²) in [5.41, 5.74) is 0. The SMILES string of the molecule is O=C(CCCc1nc(-c2cccs2)no1)NCCCSc1ccc(F)cc1. The number of aryl methyl sites for hydroxylation is 1. The number of nitrogens with one attached hydrogen (secondary N) is 1. The number of hydrogen-bond donors (Lipinski definition) is 1. The first-order valence-electron chi connectivity index (χ1n) is 8.72. The zero-order valence-electron chi connectivity index (χ0n) is 14.7. The molecule has 27 heavy (non-hydrogen) atoms. The molecule has 0 fully saturated rings. The summed E-state index contributed by atoms with van der Waals surface area (Å²) in [7, 11) is 0. The van der Waals surface area contributed by atoms with E-state index in [1.54, 1.807) is 35.2 Å². The predicted octanol–water partition coefficient (Wildman–Crippen LogP) is 4.56. The second-order valence-corrected chi connectivity index (χ2v) is 7.96. The average molecular weight is 406 g/mol. The molecule has 1 aromatic carbocycles. The molecule has 3 aromatic rings. The largest absolute Gasteiger partial charge is 0.356 e. The highest BCUT2D eigenvalue weighted by atomic mass is 32.2. The molecule has 0 saturated carbocycles. The van der Waals surface area contributed by atoms with E-state index >= 15 is 0 Å². The van der Waals surface area contributed by atoms with Crippen LogP contribution in [-0.2, 0) is 11.2 Å². The fourth-order valence-electron chi connectivity index (χ4n) is 2.37. The lowest BCUT2D eigenvalue weighted by atomic mass is 10.2. The molecule has 8 heteroatoms. The highest BCUT2D eigenvalue weighted by Crippen LogP contribution is 2.21. The molecule has 1 amide bonds. The van der Waals surface area contributed by atoms with Gasteiger partial charge in [-0.3, -0.25) is 4.79 Å². The Labute approximate surface area is 165 Å². The van der Waals surface area contributed by atoms with Crippen LogP contribution in [-0.4, -0.2) is 28.3 Å². The maximum Gasteiger partial charge on any atom is 0.226 e. The summed E-state index contributed by atoms with van der Waals surface area (Å²) >= 11 is 3.22. The first-order chi connectivity index (χ1) is 13.2. The molecular formula is C19H20FN3O2S2. The van der Waals surface area contributed by atoms with Crippen molar-refractivity contribution in [3.8, 4) is 10.7 Å². The van der Waals surface area contributed by atoms with Crippen LogP contribution in [0.15, 0.2) is 51.2 Å². The molecular weight excluding hydrogens is 385 g/mol. The second-order valence-electron chi connectivity index (χ2n) is 5.85. The number of rotatable bonds is 10. The van der Waals surface area contributed by atoms with Crippen molar-refractivity contribution < 1.29 is 13.7 Å². The van der Waals surface area contributed by atoms with E-state index in [0.29, 0.717) is 37.5 Å². The van der Waals surface area contributed by atoms with Gasteiger partial charge in [0.1, 0.15) is 5.82 Å². The Bertz CT molecular complexity index is 835. The Balaban J connectivity index is 1.26.